The van der Waals surface area contributed by atoms with Crippen LogP contribution in [0.2, 0.25) is 11.8 Å². The Labute approximate surface area is 175 Å². The van der Waals surface area contributed by atoms with Crippen LogP contribution in [0.3, 0.4) is 0 Å². The van der Waals surface area contributed by atoms with Gasteiger partial charge in [0.15, 0.2) is 0 Å². The molecule has 0 saturated carbocycles. The summed E-state index contributed by atoms with van der Waals surface area (Å²) in [6.07, 6.45) is 20.9. The molecule has 3 unspecified atom stereocenters. The van der Waals surface area contributed by atoms with Crippen LogP contribution in [0.4, 0.5) is 0 Å². The van der Waals surface area contributed by atoms with Crippen molar-refractivity contribution in [1.82, 2.24) is 0 Å². The first kappa shape index (κ1) is 27.1. The van der Waals surface area contributed by atoms with E-state index in [1.165, 1.54) is 96.3 Å². The summed E-state index contributed by atoms with van der Waals surface area (Å²) in [5.74, 6) is 0. The number of unbranched alkanes of at least 4 members (excludes halogenated alkanes) is 9. The first-order chi connectivity index (χ1) is 12.4. The third-order valence-corrected chi connectivity index (χ3v) is 29.6. The van der Waals surface area contributed by atoms with Crippen molar-refractivity contribution in [2.24, 2.45) is 0 Å². The van der Waals surface area contributed by atoms with Crippen LogP contribution in [0.25, 0.3) is 0 Å². The summed E-state index contributed by atoms with van der Waals surface area (Å²) in [5, 5.41) is 0. The molecular weight excluding hydrogens is 442 g/mol. The van der Waals surface area contributed by atoms with Crippen molar-refractivity contribution >= 4 is 26.2 Å². The van der Waals surface area contributed by atoms with E-state index in [0.29, 0.717) is 0 Å². The second-order valence-corrected chi connectivity index (χ2v) is 26.6. The molecule has 0 spiro atoms. The van der Waals surface area contributed by atoms with Crippen LogP contribution >= 0.6 is 8.92 Å². The van der Waals surface area contributed by atoms with Crippen LogP contribution < -0.4 is 0 Å². The minimum atomic E-state index is -2.67. The monoisotopic (exact) mass is 494 g/mol. The van der Waals surface area contributed by atoms with Crippen molar-refractivity contribution in [2.45, 2.75) is 150 Å². The Morgan fingerprint density at radius 1 is 0.500 bits per heavy atom. The second-order valence-electron chi connectivity index (χ2n) is 9.08. The van der Waals surface area contributed by atoms with Crippen molar-refractivity contribution in [3.8, 4) is 0 Å². The van der Waals surface area contributed by atoms with Gasteiger partial charge < -0.3 is 0 Å². The van der Waals surface area contributed by atoms with Crippen molar-refractivity contribution < 1.29 is 0 Å². The van der Waals surface area contributed by atoms with Crippen molar-refractivity contribution in [3.63, 3.8) is 0 Å². The second kappa shape index (κ2) is 17.0. The molecule has 0 aliphatic heterocycles. The number of halogens is 1. The molecule has 0 heterocycles. The standard InChI is InChI=1S/3C8H17.ClH.Sn/c3*1-3-5-7-8-6-4-2;;/h3*3H,4-8H2,1-2H3;1H;/q;;;;+1/p-1. The fraction of sp³-hybridized carbons (Fsp3) is 1.00. The van der Waals surface area contributed by atoms with Crippen LogP contribution in [0.5, 0.6) is 0 Å². The van der Waals surface area contributed by atoms with E-state index in [4.69, 9.17) is 8.92 Å². The first-order valence-corrected chi connectivity index (χ1v) is 20.7. The van der Waals surface area contributed by atoms with E-state index < -0.39 is 17.3 Å². The normalized spacial score (nSPS) is 17.7. The van der Waals surface area contributed by atoms with Gasteiger partial charge in [-0.15, -0.1) is 0 Å². The summed E-state index contributed by atoms with van der Waals surface area (Å²) in [6.45, 7) is 14.6. The molecule has 0 rings (SSSR count). The zero-order valence-corrected chi connectivity index (χ0v) is 22.8. The molecule has 0 nitrogen and oxygen atoms in total. The third-order valence-electron chi connectivity index (χ3n) is 6.74. The Bertz CT molecular complexity index is 259. The molecule has 0 aliphatic carbocycles. The van der Waals surface area contributed by atoms with Gasteiger partial charge in [-0.2, -0.15) is 0 Å². The molecule has 0 N–H and O–H groups in total. The van der Waals surface area contributed by atoms with Crippen LogP contribution in [0, 0.1) is 0 Å². The van der Waals surface area contributed by atoms with E-state index in [2.05, 4.69) is 41.5 Å². The molecule has 0 aromatic carbocycles. The fourth-order valence-corrected chi connectivity index (χ4v) is 20.8. The molecular formula is C24H51ClSn. The van der Waals surface area contributed by atoms with Crippen LogP contribution in [0.15, 0.2) is 0 Å². The molecule has 26 heavy (non-hydrogen) atoms. The molecule has 0 aromatic rings. The van der Waals surface area contributed by atoms with Gasteiger partial charge in [-0.05, 0) is 0 Å². The molecule has 0 fully saturated rings. The van der Waals surface area contributed by atoms with Gasteiger partial charge in [0.1, 0.15) is 0 Å². The molecule has 0 amide bonds. The van der Waals surface area contributed by atoms with E-state index in [-0.39, 0.29) is 0 Å². The van der Waals surface area contributed by atoms with E-state index in [9.17, 15) is 0 Å². The van der Waals surface area contributed by atoms with Crippen LogP contribution in [0.1, 0.15) is 138 Å². The average molecular weight is 494 g/mol. The van der Waals surface area contributed by atoms with Gasteiger partial charge in [0.25, 0.3) is 0 Å². The Balaban J connectivity index is 4.80. The fourth-order valence-electron chi connectivity index (χ4n) is 4.75. The Kier molecular flexibility index (Phi) is 17.7. The van der Waals surface area contributed by atoms with E-state index in [0.717, 1.165) is 11.8 Å². The zero-order valence-electron chi connectivity index (χ0n) is 19.2. The van der Waals surface area contributed by atoms with Gasteiger partial charge >= 0.3 is 176 Å². The van der Waals surface area contributed by atoms with E-state index >= 15 is 0 Å². The first-order valence-electron chi connectivity index (χ1n) is 12.1. The molecule has 3 atom stereocenters. The Morgan fingerprint density at radius 3 is 1.00 bits per heavy atom. The van der Waals surface area contributed by atoms with Crippen molar-refractivity contribution in [2.75, 3.05) is 0 Å². The minimum absolute atomic E-state index is 0.838. The van der Waals surface area contributed by atoms with Gasteiger partial charge in [0, 0.05) is 0 Å². The summed E-state index contributed by atoms with van der Waals surface area (Å²) in [4.78, 5) is 0. The Hall–Kier alpha value is 1.09. The number of rotatable bonds is 18. The quantitative estimate of drug-likeness (QED) is 0.132. The summed E-state index contributed by atoms with van der Waals surface area (Å²) in [7, 11) is 7.74. The van der Waals surface area contributed by atoms with Gasteiger partial charge in [0.2, 0.25) is 0 Å². The third kappa shape index (κ3) is 10.6. The van der Waals surface area contributed by atoms with Crippen LogP contribution in [-0.2, 0) is 0 Å². The Morgan fingerprint density at radius 2 is 0.769 bits per heavy atom. The van der Waals surface area contributed by atoms with Gasteiger partial charge in [-0.25, -0.2) is 0 Å². The predicted octanol–water partition coefficient (Wildman–Crippen LogP) is 10.3. The van der Waals surface area contributed by atoms with Gasteiger partial charge in [-0.3, -0.25) is 0 Å². The summed E-state index contributed by atoms with van der Waals surface area (Å²) in [6, 6.07) is 0. The summed E-state index contributed by atoms with van der Waals surface area (Å²) in [5.41, 5.74) is 0. The molecule has 0 aromatic heterocycles. The maximum atomic E-state index is 7.74. The number of hydrogen-bond acceptors (Lipinski definition) is 0. The van der Waals surface area contributed by atoms with Crippen LogP contribution in [-0.4, -0.2) is 17.3 Å². The number of hydrogen-bond donors (Lipinski definition) is 0. The molecule has 0 radical (unpaired) electrons. The summed E-state index contributed by atoms with van der Waals surface area (Å²) >= 11 is -2.67. The molecule has 158 valence electrons. The topological polar surface area (TPSA) is 0 Å². The average Bonchev–Trinajstić information content (AvgIpc) is 2.64. The summed E-state index contributed by atoms with van der Waals surface area (Å²) < 4.78 is 2.51. The van der Waals surface area contributed by atoms with Crippen molar-refractivity contribution in [1.29, 1.82) is 0 Å². The predicted molar refractivity (Wildman–Crippen MR) is 126 cm³/mol. The SMILES string of the molecule is CCCCCC[CH](C)[Sn]([Cl])([CH](C)CCCCCC)[CH](C)CCCCCC. The van der Waals surface area contributed by atoms with E-state index in [1.54, 1.807) is 0 Å². The maximum absolute atomic E-state index is 7.74. The molecule has 0 saturated heterocycles. The van der Waals surface area contributed by atoms with E-state index in [1.807, 2.05) is 0 Å². The molecule has 2 heteroatoms. The van der Waals surface area contributed by atoms with Gasteiger partial charge in [0.05, 0.1) is 0 Å². The van der Waals surface area contributed by atoms with Gasteiger partial charge in [-0.1, -0.05) is 0 Å². The molecule has 0 aliphatic rings. The zero-order chi connectivity index (χ0) is 19.8. The molecule has 0 bridgehead atoms. The van der Waals surface area contributed by atoms with Crippen molar-refractivity contribution in [3.05, 3.63) is 0 Å².